The highest BCUT2D eigenvalue weighted by molar-refractivity contribution is 5.81. The number of carbonyl (C=O) groups excluding carboxylic acids is 3. The van der Waals surface area contributed by atoms with Gasteiger partial charge in [-0.1, -0.05) is 60.5 Å². The van der Waals surface area contributed by atoms with E-state index < -0.39 is 35.9 Å². The minimum absolute atomic E-state index is 0.00641. The average Bonchev–Trinajstić information content (AvgIpc) is 2.84. The quantitative estimate of drug-likeness (QED) is 0.142. The predicted molar refractivity (Wildman–Crippen MR) is 150 cm³/mol. The molecule has 0 saturated carbocycles. The number of nitrogens with one attached hydrogen (secondary N) is 1. The fraction of sp³-hybridized carbons (Fsp3) is 0.667. The summed E-state index contributed by atoms with van der Waals surface area (Å²) >= 11 is 0. The number of rotatable bonds is 16. The summed E-state index contributed by atoms with van der Waals surface area (Å²) in [5.74, 6) is -2.23. The Bertz CT molecular complexity index is 1010. The van der Waals surface area contributed by atoms with Crippen LogP contribution < -0.4 is 14.8 Å². The van der Waals surface area contributed by atoms with Crippen molar-refractivity contribution >= 4 is 24.1 Å². The van der Waals surface area contributed by atoms with Gasteiger partial charge >= 0.3 is 24.1 Å². The van der Waals surface area contributed by atoms with Crippen molar-refractivity contribution < 1.29 is 43.2 Å². The number of carboxylic acid groups (broad SMARTS) is 1. The molecule has 0 aliphatic rings. The number of ether oxygens (including phenoxy) is 4. The van der Waals surface area contributed by atoms with E-state index in [-0.39, 0.29) is 54.6 Å². The second-order valence-electron chi connectivity index (χ2n) is 11.2. The molecule has 0 spiro atoms. The van der Waals surface area contributed by atoms with E-state index in [9.17, 15) is 24.3 Å². The maximum atomic E-state index is 12.6. The molecule has 10 nitrogen and oxygen atoms in total. The third-order valence-corrected chi connectivity index (χ3v) is 6.68. The van der Waals surface area contributed by atoms with Crippen molar-refractivity contribution in [1.29, 1.82) is 0 Å². The lowest BCUT2D eigenvalue weighted by molar-refractivity contribution is -0.168. The van der Waals surface area contributed by atoms with Gasteiger partial charge in [0.05, 0.1) is 0 Å². The van der Waals surface area contributed by atoms with Crippen molar-refractivity contribution in [1.82, 2.24) is 5.32 Å². The van der Waals surface area contributed by atoms with Gasteiger partial charge in [0.1, 0.15) is 6.10 Å². The summed E-state index contributed by atoms with van der Waals surface area (Å²) in [4.78, 5) is 50.3. The van der Waals surface area contributed by atoms with Gasteiger partial charge in [-0.2, -0.15) is 0 Å². The molecule has 0 amide bonds. The molecule has 4 atom stereocenters. The van der Waals surface area contributed by atoms with Gasteiger partial charge in [-0.25, -0.2) is 9.59 Å². The molecule has 40 heavy (non-hydrogen) atoms. The smallest absolute Gasteiger partial charge is 0.477 e. The molecule has 3 unspecified atom stereocenters. The second-order valence-corrected chi connectivity index (χ2v) is 11.2. The van der Waals surface area contributed by atoms with Gasteiger partial charge in [-0.3, -0.25) is 14.9 Å². The Kier molecular flexibility index (Phi) is 14.1. The van der Waals surface area contributed by atoms with Crippen molar-refractivity contribution in [3.8, 4) is 11.5 Å². The highest BCUT2D eigenvalue weighted by Crippen LogP contribution is 2.32. The fourth-order valence-corrected chi connectivity index (χ4v) is 3.52. The lowest BCUT2D eigenvalue weighted by Crippen LogP contribution is -2.59. The number of carboxylic acids is 1. The zero-order chi connectivity index (χ0) is 30.6. The minimum atomic E-state index is -2.19. The van der Waals surface area contributed by atoms with Crippen LogP contribution in [0.1, 0.15) is 93.6 Å². The summed E-state index contributed by atoms with van der Waals surface area (Å²) in [6.45, 7) is 16.6. The summed E-state index contributed by atoms with van der Waals surface area (Å²) in [6.07, 6.45) is -0.0591. The maximum Gasteiger partial charge on any atom is 0.510 e. The number of esters is 2. The van der Waals surface area contributed by atoms with Gasteiger partial charge in [-0.05, 0) is 56.2 Å². The molecule has 1 aromatic rings. The first-order valence-corrected chi connectivity index (χ1v) is 14.1. The van der Waals surface area contributed by atoms with E-state index in [1.807, 2.05) is 41.5 Å². The van der Waals surface area contributed by atoms with E-state index in [0.717, 1.165) is 12.8 Å². The molecule has 0 bridgehead atoms. The van der Waals surface area contributed by atoms with Crippen LogP contribution >= 0.6 is 0 Å². The molecule has 0 aliphatic carbocycles. The molecular formula is C30H47NO9. The Morgan fingerprint density at radius 3 is 1.82 bits per heavy atom. The van der Waals surface area contributed by atoms with E-state index in [0.29, 0.717) is 5.56 Å². The molecule has 1 rings (SSSR count). The molecule has 10 heteroatoms. The largest absolute Gasteiger partial charge is 0.510 e. The van der Waals surface area contributed by atoms with Crippen LogP contribution in [0.2, 0.25) is 0 Å². The summed E-state index contributed by atoms with van der Waals surface area (Å²) in [6, 6.07) is 4.01. The molecule has 0 aliphatic heterocycles. The SMILES string of the molecule is CCC(C)CC(=O)Oc1ccc(C[C@](NC(C)C)(OC(=O)OC(C)C(C)C)C(=O)O)cc1OC(=O)CC(C)CC. The van der Waals surface area contributed by atoms with Crippen molar-refractivity contribution in [2.75, 3.05) is 0 Å². The predicted octanol–water partition coefficient (Wildman–Crippen LogP) is 5.89. The molecule has 2 N–H and O–H groups in total. The Labute approximate surface area is 238 Å². The molecule has 0 radical (unpaired) electrons. The van der Waals surface area contributed by atoms with Crippen LogP contribution in [-0.2, 0) is 30.3 Å². The van der Waals surface area contributed by atoms with E-state index in [2.05, 4.69) is 5.32 Å². The molecular weight excluding hydrogens is 518 g/mol. The summed E-state index contributed by atoms with van der Waals surface area (Å²) in [5.41, 5.74) is -1.83. The molecule has 0 fully saturated rings. The Hall–Kier alpha value is -3.14. The zero-order valence-electron chi connectivity index (χ0n) is 25.4. The first kappa shape index (κ1) is 34.9. The molecule has 0 heterocycles. The van der Waals surface area contributed by atoms with Crippen LogP contribution in [0.3, 0.4) is 0 Å². The van der Waals surface area contributed by atoms with Crippen molar-refractivity contribution in [2.45, 2.75) is 112 Å². The van der Waals surface area contributed by atoms with Gasteiger partial charge in [0.25, 0.3) is 5.72 Å². The Balaban J connectivity index is 3.43. The van der Waals surface area contributed by atoms with E-state index in [1.54, 1.807) is 20.8 Å². The van der Waals surface area contributed by atoms with Crippen LogP contribution in [0.4, 0.5) is 4.79 Å². The van der Waals surface area contributed by atoms with Crippen molar-refractivity contribution in [3.05, 3.63) is 23.8 Å². The summed E-state index contributed by atoms with van der Waals surface area (Å²) < 4.78 is 21.8. The highest BCUT2D eigenvalue weighted by Gasteiger charge is 2.44. The van der Waals surface area contributed by atoms with Gasteiger partial charge in [0, 0.05) is 25.3 Å². The zero-order valence-corrected chi connectivity index (χ0v) is 25.4. The maximum absolute atomic E-state index is 12.6. The Morgan fingerprint density at radius 2 is 1.38 bits per heavy atom. The van der Waals surface area contributed by atoms with E-state index in [1.165, 1.54) is 18.2 Å². The van der Waals surface area contributed by atoms with E-state index in [4.69, 9.17) is 18.9 Å². The molecule has 1 aromatic carbocycles. The number of carbonyl (C=O) groups is 4. The van der Waals surface area contributed by atoms with Gasteiger partial charge in [-0.15, -0.1) is 0 Å². The second kappa shape index (κ2) is 16.2. The molecule has 226 valence electrons. The topological polar surface area (TPSA) is 137 Å². The van der Waals surface area contributed by atoms with Gasteiger partial charge in [0.2, 0.25) is 0 Å². The van der Waals surface area contributed by atoms with Crippen molar-refractivity contribution in [3.63, 3.8) is 0 Å². The van der Waals surface area contributed by atoms with Crippen LogP contribution in [0.5, 0.6) is 11.5 Å². The lowest BCUT2D eigenvalue weighted by atomic mass is 10.0. The first-order chi connectivity index (χ1) is 18.6. The van der Waals surface area contributed by atoms with Gasteiger partial charge in [0.15, 0.2) is 11.5 Å². The number of hydrogen-bond acceptors (Lipinski definition) is 9. The molecule has 0 aromatic heterocycles. The average molecular weight is 566 g/mol. The monoisotopic (exact) mass is 565 g/mol. The summed E-state index contributed by atoms with van der Waals surface area (Å²) in [7, 11) is 0. The normalized spacial score (nSPS) is 15.1. The van der Waals surface area contributed by atoms with Crippen LogP contribution in [0.25, 0.3) is 0 Å². The lowest BCUT2D eigenvalue weighted by Gasteiger charge is -2.32. The first-order valence-electron chi connectivity index (χ1n) is 14.1. The Morgan fingerprint density at radius 1 is 0.850 bits per heavy atom. The number of hydrogen-bond donors (Lipinski definition) is 2. The third-order valence-electron chi connectivity index (χ3n) is 6.68. The van der Waals surface area contributed by atoms with Crippen molar-refractivity contribution in [2.24, 2.45) is 17.8 Å². The highest BCUT2D eigenvalue weighted by atomic mass is 16.7. The molecule has 0 saturated heterocycles. The van der Waals surface area contributed by atoms with Crippen LogP contribution in [0.15, 0.2) is 18.2 Å². The number of benzene rings is 1. The standard InChI is InChI=1S/C30H47NO9/c1-10-20(7)14-26(32)38-24-13-12-23(16-25(24)39-27(33)15-21(8)11-2)17-30(28(34)35,31-19(5)6)40-29(36)37-22(9)18(3)4/h12-13,16,18-22,31H,10-11,14-15,17H2,1-9H3,(H,34,35)/t20?,21?,22?,30-/m0/s1. The third kappa shape index (κ3) is 11.5. The van der Waals surface area contributed by atoms with Crippen LogP contribution in [-0.4, -0.2) is 47.0 Å². The fourth-order valence-electron chi connectivity index (χ4n) is 3.52. The van der Waals surface area contributed by atoms with E-state index >= 15 is 0 Å². The van der Waals surface area contributed by atoms with Crippen LogP contribution in [0, 0.1) is 17.8 Å². The van der Waals surface area contributed by atoms with Gasteiger partial charge < -0.3 is 24.1 Å². The number of aliphatic carboxylic acids is 1. The summed E-state index contributed by atoms with van der Waals surface area (Å²) in [5, 5.41) is 13.0. The minimum Gasteiger partial charge on any atom is -0.477 e.